The third-order valence-electron chi connectivity index (χ3n) is 4.60. The molecule has 0 saturated heterocycles. The molecule has 0 saturated carbocycles. The van der Waals surface area contributed by atoms with Crippen molar-refractivity contribution in [2.24, 2.45) is 0 Å². The van der Waals surface area contributed by atoms with Crippen LogP contribution in [0.2, 0.25) is 0 Å². The van der Waals surface area contributed by atoms with Crippen molar-refractivity contribution in [3.8, 4) is 11.4 Å². The van der Waals surface area contributed by atoms with Gasteiger partial charge in [0.2, 0.25) is 5.91 Å². The topological polar surface area (TPSA) is 69.0 Å². The summed E-state index contributed by atoms with van der Waals surface area (Å²) in [7, 11) is 0. The summed E-state index contributed by atoms with van der Waals surface area (Å²) in [6.07, 6.45) is 0.650. The molecule has 1 N–H and O–H groups in total. The second kappa shape index (κ2) is 11.1. The van der Waals surface area contributed by atoms with E-state index in [4.69, 9.17) is 0 Å². The van der Waals surface area contributed by atoms with E-state index in [-0.39, 0.29) is 24.0 Å². The molecule has 6 nitrogen and oxygen atoms in total. The molecule has 0 unspecified atom stereocenters. The van der Waals surface area contributed by atoms with Crippen molar-refractivity contribution in [1.29, 1.82) is 0 Å². The van der Waals surface area contributed by atoms with E-state index < -0.39 is 6.61 Å². The maximum Gasteiger partial charge on any atom is 0.387 e. The number of benzene rings is 2. The Kier molecular flexibility index (Phi) is 7.69. The average molecular weight is 487 g/mol. The molecule has 0 spiro atoms. The third-order valence-corrected chi connectivity index (χ3v) is 6.40. The Morgan fingerprint density at radius 3 is 2.55 bits per heavy atom. The largest absolute Gasteiger partial charge is 0.435 e. The molecule has 10 heteroatoms. The quantitative estimate of drug-likeness (QED) is 0.322. The van der Waals surface area contributed by atoms with Crippen LogP contribution in [0.1, 0.15) is 16.3 Å². The highest BCUT2D eigenvalue weighted by Gasteiger charge is 2.16. The summed E-state index contributed by atoms with van der Waals surface area (Å²) in [6, 6.07) is 20.0. The molecule has 2 aromatic heterocycles. The van der Waals surface area contributed by atoms with Gasteiger partial charge in [-0.2, -0.15) is 8.78 Å². The first-order valence-electron chi connectivity index (χ1n) is 10.0. The Hall–Kier alpha value is -3.24. The van der Waals surface area contributed by atoms with Gasteiger partial charge < -0.3 is 10.1 Å². The molecule has 4 rings (SSSR count). The van der Waals surface area contributed by atoms with Crippen LogP contribution < -0.4 is 10.1 Å². The number of rotatable bonds is 10. The molecule has 0 aliphatic heterocycles. The Balaban J connectivity index is 1.38. The van der Waals surface area contributed by atoms with E-state index in [0.717, 1.165) is 17.1 Å². The van der Waals surface area contributed by atoms with Crippen molar-refractivity contribution in [2.75, 3.05) is 5.75 Å². The zero-order valence-electron chi connectivity index (χ0n) is 17.4. The maximum absolute atomic E-state index is 12.4. The summed E-state index contributed by atoms with van der Waals surface area (Å²) in [5.74, 6) is 0.874. The van der Waals surface area contributed by atoms with Gasteiger partial charge in [0, 0.05) is 23.5 Å². The van der Waals surface area contributed by atoms with E-state index in [9.17, 15) is 13.6 Å². The summed E-state index contributed by atoms with van der Waals surface area (Å²) in [5.41, 5.74) is 1.71. The highest BCUT2D eigenvalue weighted by molar-refractivity contribution is 7.99. The summed E-state index contributed by atoms with van der Waals surface area (Å²) in [5, 5.41) is 14.2. The van der Waals surface area contributed by atoms with Crippen LogP contribution in [-0.2, 0) is 17.8 Å². The van der Waals surface area contributed by atoms with Crippen LogP contribution >= 0.6 is 23.1 Å². The number of hydrogen-bond donors (Lipinski definition) is 1. The molecule has 0 aliphatic carbocycles. The Morgan fingerprint density at radius 1 is 1.06 bits per heavy atom. The van der Waals surface area contributed by atoms with Crippen molar-refractivity contribution < 1.29 is 18.3 Å². The minimum atomic E-state index is -2.86. The third kappa shape index (κ3) is 6.39. The standard InChI is InChI=1S/C23H20F2N4O2S2/c24-22(25)31-18-10-8-16(9-11-18)14-26-21(30)15-33-23-28-27-20(13-19-7-4-12-32-19)29(23)17-5-2-1-3-6-17/h1-12,22H,13-15H2,(H,26,30). The molecule has 2 heterocycles. The van der Waals surface area contributed by atoms with Crippen LogP contribution in [-0.4, -0.2) is 33.0 Å². The summed E-state index contributed by atoms with van der Waals surface area (Å²) >= 11 is 2.97. The van der Waals surface area contributed by atoms with Gasteiger partial charge in [-0.3, -0.25) is 9.36 Å². The SMILES string of the molecule is O=C(CSc1nnc(Cc2cccs2)n1-c1ccccc1)NCc1ccc(OC(F)F)cc1. The van der Waals surface area contributed by atoms with Gasteiger partial charge in [-0.05, 0) is 41.3 Å². The molecule has 2 aromatic carbocycles. The Labute approximate surface area is 197 Å². The van der Waals surface area contributed by atoms with Crippen LogP contribution in [0.3, 0.4) is 0 Å². The van der Waals surface area contributed by atoms with Crippen molar-refractivity contribution in [1.82, 2.24) is 20.1 Å². The minimum Gasteiger partial charge on any atom is -0.435 e. The number of nitrogens with one attached hydrogen (secondary N) is 1. The Bertz CT molecular complexity index is 1170. The molecule has 170 valence electrons. The normalized spacial score (nSPS) is 11.0. The van der Waals surface area contributed by atoms with E-state index in [1.165, 1.54) is 28.8 Å². The molecular formula is C23H20F2N4O2S2. The number of carbonyl (C=O) groups is 1. The average Bonchev–Trinajstić information content (AvgIpc) is 3.47. The number of halogens is 2. The number of ether oxygens (including phenoxy) is 1. The summed E-state index contributed by atoms with van der Waals surface area (Å²) in [6.45, 7) is -2.58. The highest BCUT2D eigenvalue weighted by atomic mass is 32.2. The van der Waals surface area contributed by atoms with Crippen LogP contribution in [0.15, 0.2) is 77.3 Å². The Morgan fingerprint density at radius 2 is 1.85 bits per heavy atom. The monoisotopic (exact) mass is 486 g/mol. The second-order valence-corrected chi connectivity index (χ2v) is 8.89. The molecule has 0 atom stereocenters. The lowest BCUT2D eigenvalue weighted by Gasteiger charge is -2.10. The van der Waals surface area contributed by atoms with E-state index in [1.807, 2.05) is 46.3 Å². The van der Waals surface area contributed by atoms with Crippen molar-refractivity contribution in [2.45, 2.75) is 24.7 Å². The van der Waals surface area contributed by atoms with Gasteiger partial charge >= 0.3 is 6.61 Å². The number of nitrogens with zero attached hydrogens (tertiary/aromatic N) is 3. The first-order valence-corrected chi connectivity index (χ1v) is 11.9. The number of thiophene rings is 1. The predicted molar refractivity (Wildman–Crippen MR) is 124 cm³/mol. The number of thioether (sulfide) groups is 1. The fraction of sp³-hybridized carbons (Fsp3) is 0.174. The molecule has 0 fully saturated rings. The van der Waals surface area contributed by atoms with E-state index in [0.29, 0.717) is 11.6 Å². The number of hydrogen-bond acceptors (Lipinski definition) is 6. The van der Waals surface area contributed by atoms with Gasteiger partial charge in [0.05, 0.1) is 5.75 Å². The van der Waals surface area contributed by atoms with Gasteiger partial charge in [0.1, 0.15) is 11.6 Å². The van der Waals surface area contributed by atoms with Crippen LogP contribution in [0, 0.1) is 0 Å². The molecule has 4 aromatic rings. The zero-order valence-corrected chi connectivity index (χ0v) is 19.0. The first-order chi connectivity index (χ1) is 16.1. The lowest BCUT2D eigenvalue weighted by molar-refractivity contribution is -0.118. The number of carbonyl (C=O) groups excluding carboxylic acids is 1. The smallest absolute Gasteiger partial charge is 0.387 e. The predicted octanol–water partition coefficient (Wildman–Crippen LogP) is 4.93. The number of alkyl halides is 2. The lowest BCUT2D eigenvalue weighted by Crippen LogP contribution is -2.24. The number of aromatic nitrogens is 3. The van der Waals surface area contributed by atoms with Gasteiger partial charge in [-0.25, -0.2) is 0 Å². The summed E-state index contributed by atoms with van der Waals surface area (Å²) < 4.78 is 30.8. The fourth-order valence-electron chi connectivity index (χ4n) is 3.08. The number of para-hydroxylation sites is 1. The van der Waals surface area contributed by atoms with Gasteiger partial charge in [-0.1, -0.05) is 48.2 Å². The highest BCUT2D eigenvalue weighted by Crippen LogP contribution is 2.24. The van der Waals surface area contributed by atoms with E-state index in [1.54, 1.807) is 23.5 Å². The van der Waals surface area contributed by atoms with Gasteiger partial charge in [-0.15, -0.1) is 21.5 Å². The maximum atomic E-state index is 12.4. The molecule has 33 heavy (non-hydrogen) atoms. The molecule has 0 bridgehead atoms. The van der Waals surface area contributed by atoms with Crippen molar-refractivity contribution in [3.05, 3.63) is 88.4 Å². The van der Waals surface area contributed by atoms with Crippen molar-refractivity contribution >= 4 is 29.0 Å². The fourth-order valence-corrected chi connectivity index (χ4v) is 4.59. The summed E-state index contributed by atoms with van der Waals surface area (Å²) in [4.78, 5) is 13.6. The zero-order chi connectivity index (χ0) is 23.0. The minimum absolute atomic E-state index is 0.0780. The second-order valence-electron chi connectivity index (χ2n) is 6.91. The van der Waals surface area contributed by atoms with Crippen LogP contribution in [0.5, 0.6) is 5.75 Å². The van der Waals surface area contributed by atoms with Crippen LogP contribution in [0.4, 0.5) is 8.78 Å². The molecule has 1 amide bonds. The van der Waals surface area contributed by atoms with E-state index in [2.05, 4.69) is 26.3 Å². The first kappa shape index (κ1) is 22.9. The van der Waals surface area contributed by atoms with E-state index >= 15 is 0 Å². The molecule has 0 radical (unpaired) electrons. The van der Waals surface area contributed by atoms with Gasteiger partial charge in [0.15, 0.2) is 5.16 Å². The molecular weight excluding hydrogens is 466 g/mol. The number of amides is 1. The van der Waals surface area contributed by atoms with Crippen LogP contribution in [0.25, 0.3) is 5.69 Å². The lowest BCUT2D eigenvalue weighted by atomic mass is 10.2. The molecule has 0 aliphatic rings. The van der Waals surface area contributed by atoms with Crippen molar-refractivity contribution in [3.63, 3.8) is 0 Å². The van der Waals surface area contributed by atoms with Gasteiger partial charge in [0.25, 0.3) is 0 Å².